The van der Waals surface area contributed by atoms with Crippen molar-refractivity contribution in [1.82, 2.24) is 10.2 Å². The van der Waals surface area contributed by atoms with Gasteiger partial charge in [-0.25, -0.2) is 8.42 Å². The van der Waals surface area contributed by atoms with Crippen LogP contribution in [0.4, 0.5) is 0 Å². The molecule has 1 fully saturated rings. The highest BCUT2D eigenvalue weighted by atomic mass is 32.2. The number of amides is 1. The van der Waals surface area contributed by atoms with Crippen LogP contribution in [0.1, 0.15) is 13.3 Å². The predicted octanol–water partition coefficient (Wildman–Crippen LogP) is -0.757. The molecule has 0 atom stereocenters. The smallest absolute Gasteiger partial charge is 0.219 e. The Bertz CT molecular complexity index is 299. The molecule has 0 unspecified atom stereocenters. The molecule has 1 saturated heterocycles. The number of sulfone groups is 1. The minimum atomic E-state index is -2.79. The summed E-state index contributed by atoms with van der Waals surface area (Å²) in [5.41, 5.74) is 0. The van der Waals surface area contributed by atoms with E-state index in [-0.39, 0.29) is 17.4 Å². The summed E-state index contributed by atoms with van der Waals surface area (Å²) >= 11 is 0. The summed E-state index contributed by atoms with van der Waals surface area (Å²) in [6.07, 6.45) is 0.494. The average molecular weight is 234 g/mol. The lowest BCUT2D eigenvalue weighted by Gasteiger charge is -2.26. The van der Waals surface area contributed by atoms with Crippen LogP contribution in [-0.2, 0) is 14.6 Å². The van der Waals surface area contributed by atoms with E-state index in [1.165, 1.54) is 0 Å². The van der Waals surface area contributed by atoms with Crippen LogP contribution in [0.25, 0.3) is 0 Å². The Morgan fingerprint density at radius 1 is 1.33 bits per heavy atom. The molecule has 0 aromatic rings. The van der Waals surface area contributed by atoms with Gasteiger partial charge in [0, 0.05) is 32.6 Å². The Morgan fingerprint density at radius 3 is 2.47 bits per heavy atom. The molecule has 1 aliphatic heterocycles. The van der Waals surface area contributed by atoms with Crippen molar-refractivity contribution in [3.63, 3.8) is 0 Å². The van der Waals surface area contributed by atoms with Gasteiger partial charge in [-0.1, -0.05) is 6.92 Å². The molecule has 1 N–H and O–H groups in total. The number of nitrogens with zero attached hydrogens (tertiary/aromatic N) is 1. The molecule has 1 heterocycles. The second-order valence-corrected chi connectivity index (χ2v) is 6.00. The van der Waals surface area contributed by atoms with E-state index in [2.05, 4.69) is 10.2 Å². The number of carbonyl (C=O) groups is 1. The molecule has 0 aliphatic carbocycles. The molecule has 1 aliphatic rings. The Hall–Kier alpha value is -0.620. The van der Waals surface area contributed by atoms with E-state index in [0.29, 0.717) is 26.1 Å². The van der Waals surface area contributed by atoms with Gasteiger partial charge in [0.2, 0.25) is 5.91 Å². The van der Waals surface area contributed by atoms with Crippen molar-refractivity contribution >= 4 is 15.7 Å². The molecule has 0 aromatic carbocycles. The van der Waals surface area contributed by atoms with E-state index in [1.807, 2.05) is 6.92 Å². The Morgan fingerprint density at radius 2 is 1.93 bits per heavy atom. The van der Waals surface area contributed by atoms with Gasteiger partial charge in [-0.2, -0.15) is 0 Å². The van der Waals surface area contributed by atoms with E-state index in [9.17, 15) is 13.2 Å². The van der Waals surface area contributed by atoms with Crippen LogP contribution in [-0.4, -0.2) is 56.9 Å². The molecule has 0 radical (unpaired) electrons. The van der Waals surface area contributed by atoms with Crippen molar-refractivity contribution < 1.29 is 13.2 Å². The summed E-state index contributed by atoms with van der Waals surface area (Å²) in [6.45, 7) is 4.32. The zero-order valence-corrected chi connectivity index (χ0v) is 9.85. The van der Waals surface area contributed by atoms with Crippen LogP contribution in [0.2, 0.25) is 0 Å². The first-order valence-corrected chi connectivity index (χ1v) is 7.05. The first-order valence-electron chi connectivity index (χ1n) is 5.23. The van der Waals surface area contributed by atoms with Crippen molar-refractivity contribution in [2.75, 3.05) is 37.7 Å². The van der Waals surface area contributed by atoms with Gasteiger partial charge >= 0.3 is 0 Å². The fourth-order valence-electron chi connectivity index (χ4n) is 1.45. The normalized spacial score (nSPS) is 21.1. The highest BCUT2D eigenvalue weighted by Crippen LogP contribution is 2.02. The van der Waals surface area contributed by atoms with Crippen LogP contribution < -0.4 is 5.32 Å². The first-order chi connectivity index (χ1) is 7.03. The van der Waals surface area contributed by atoms with Crippen molar-refractivity contribution in [2.45, 2.75) is 13.3 Å². The van der Waals surface area contributed by atoms with Gasteiger partial charge in [0.05, 0.1) is 11.5 Å². The van der Waals surface area contributed by atoms with Gasteiger partial charge in [0.15, 0.2) is 9.84 Å². The molecule has 88 valence electrons. The highest BCUT2D eigenvalue weighted by molar-refractivity contribution is 7.91. The van der Waals surface area contributed by atoms with Crippen LogP contribution in [0.3, 0.4) is 0 Å². The number of hydrogen-bond donors (Lipinski definition) is 1. The second-order valence-electron chi connectivity index (χ2n) is 3.70. The summed E-state index contributed by atoms with van der Waals surface area (Å²) in [6, 6.07) is 0. The van der Waals surface area contributed by atoms with Gasteiger partial charge in [0.25, 0.3) is 0 Å². The Balaban J connectivity index is 2.17. The minimum absolute atomic E-state index is 0.0413. The van der Waals surface area contributed by atoms with E-state index >= 15 is 0 Å². The quantitative estimate of drug-likeness (QED) is 0.694. The van der Waals surface area contributed by atoms with Crippen molar-refractivity contribution in [3.8, 4) is 0 Å². The summed E-state index contributed by atoms with van der Waals surface area (Å²) in [4.78, 5) is 13.0. The van der Waals surface area contributed by atoms with E-state index in [0.717, 1.165) is 6.54 Å². The number of rotatable bonds is 4. The SMILES string of the molecule is CCC(=O)NCCN1CCS(=O)(=O)CC1. The Kier molecular flexibility index (Phi) is 4.53. The number of carbonyl (C=O) groups excluding carboxylic acids is 1. The molecule has 1 amide bonds. The van der Waals surface area contributed by atoms with E-state index in [1.54, 1.807) is 0 Å². The largest absolute Gasteiger partial charge is 0.355 e. The van der Waals surface area contributed by atoms with Crippen LogP contribution in [0.15, 0.2) is 0 Å². The Labute approximate surface area is 90.7 Å². The molecule has 15 heavy (non-hydrogen) atoms. The fourth-order valence-corrected chi connectivity index (χ4v) is 2.73. The standard InChI is InChI=1S/C9H18N2O3S/c1-2-9(12)10-3-4-11-5-7-15(13,14)8-6-11/h2-8H2,1H3,(H,10,12). The molecule has 0 bridgehead atoms. The molecule has 0 saturated carbocycles. The third-order valence-corrected chi connectivity index (χ3v) is 4.12. The van der Waals surface area contributed by atoms with Crippen molar-refractivity contribution in [2.24, 2.45) is 0 Å². The molecule has 5 nitrogen and oxygen atoms in total. The van der Waals surface area contributed by atoms with E-state index in [4.69, 9.17) is 0 Å². The lowest BCUT2D eigenvalue weighted by Crippen LogP contribution is -2.43. The maximum absolute atomic E-state index is 11.1. The first kappa shape index (κ1) is 12.4. The second kappa shape index (κ2) is 5.46. The lowest BCUT2D eigenvalue weighted by atomic mass is 10.4. The van der Waals surface area contributed by atoms with E-state index < -0.39 is 9.84 Å². The maximum atomic E-state index is 11.1. The van der Waals surface area contributed by atoms with Gasteiger partial charge in [-0.05, 0) is 0 Å². The van der Waals surface area contributed by atoms with Gasteiger partial charge < -0.3 is 5.32 Å². The molecule has 0 aromatic heterocycles. The van der Waals surface area contributed by atoms with Crippen molar-refractivity contribution in [3.05, 3.63) is 0 Å². The fraction of sp³-hybridized carbons (Fsp3) is 0.889. The zero-order valence-electron chi connectivity index (χ0n) is 9.03. The summed E-state index contributed by atoms with van der Waals surface area (Å²) < 4.78 is 22.3. The number of hydrogen-bond acceptors (Lipinski definition) is 4. The van der Waals surface area contributed by atoms with Gasteiger partial charge in [0.1, 0.15) is 0 Å². The minimum Gasteiger partial charge on any atom is -0.355 e. The molecule has 0 spiro atoms. The molecular weight excluding hydrogens is 216 g/mol. The maximum Gasteiger partial charge on any atom is 0.219 e. The lowest BCUT2D eigenvalue weighted by molar-refractivity contribution is -0.120. The molecule has 6 heteroatoms. The van der Waals surface area contributed by atoms with Gasteiger partial charge in [-0.15, -0.1) is 0 Å². The zero-order chi connectivity index (χ0) is 11.3. The van der Waals surface area contributed by atoms with Crippen molar-refractivity contribution in [1.29, 1.82) is 0 Å². The summed E-state index contributed by atoms with van der Waals surface area (Å²) in [7, 11) is -2.79. The molecule has 1 rings (SSSR count). The average Bonchev–Trinajstić information content (AvgIpc) is 2.20. The third-order valence-electron chi connectivity index (χ3n) is 2.51. The summed E-state index contributed by atoms with van der Waals surface area (Å²) in [5.74, 6) is 0.531. The number of nitrogens with one attached hydrogen (secondary N) is 1. The van der Waals surface area contributed by atoms with Gasteiger partial charge in [-0.3, -0.25) is 9.69 Å². The predicted molar refractivity (Wildman–Crippen MR) is 58.4 cm³/mol. The molecular formula is C9H18N2O3S. The highest BCUT2D eigenvalue weighted by Gasteiger charge is 2.20. The monoisotopic (exact) mass is 234 g/mol. The van der Waals surface area contributed by atoms with Crippen LogP contribution in [0, 0.1) is 0 Å². The third kappa shape index (κ3) is 4.61. The van der Waals surface area contributed by atoms with Crippen LogP contribution >= 0.6 is 0 Å². The van der Waals surface area contributed by atoms with Crippen LogP contribution in [0.5, 0.6) is 0 Å². The summed E-state index contributed by atoms with van der Waals surface area (Å²) in [5, 5.41) is 2.77. The topological polar surface area (TPSA) is 66.5 Å².